The van der Waals surface area contributed by atoms with Crippen LogP contribution in [0.4, 0.5) is 0 Å². The summed E-state index contributed by atoms with van der Waals surface area (Å²) in [6, 6.07) is 80.8. The summed E-state index contributed by atoms with van der Waals surface area (Å²) in [5, 5.41) is 26.0. The van der Waals surface area contributed by atoms with E-state index in [-0.39, 0.29) is 26.5 Å². The summed E-state index contributed by atoms with van der Waals surface area (Å²) in [5.41, 5.74) is 9.68. The third-order valence-electron chi connectivity index (χ3n) is 12.9. The maximum Gasteiger partial charge on any atom is 2.00 e. The largest absolute Gasteiger partial charge is 2.00 e. The average Bonchev–Trinajstić information content (AvgIpc) is 4.00. The van der Waals surface area contributed by atoms with E-state index < -0.39 is 8.07 Å². The number of hydrogen-bond donors (Lipinski definition) is 0. The molecule has 0 bridgehead atoms. The third-order valence-corrected chi connectivity index (χ3v) is 17.5. The zero-order chi connectivity index (χ0) is 45.5. The molecular formula is C60H44N6PtSi. The second kappa shape index (κ2) is 18.1. The molecule has 8 aromatic carbocycles. The van der Waals surface area contributed by atoms with Gasteiger partial charge in [-0.05, 0) is 68.2 Å². The first kappa shape index (κ1) is 44.1. The number of nitriles is 1. The van der Waals surface area contributed by atoms with Gasteiger partial charge in [-0.1, -0.05) is 166 Å². The van der Waals surface area contributed by atoms with Crippen molar-refractivity contribution in [3.8, 4) is 51.2 Å². The van der Waals surface area contributed by atoms with Crippen LogP contribution < -0.4 is 20.7 Å². The maximum absolute atomic E-state index is 10.1. The van der Waals surface area contributed by atoms with Gasteiger partial charge < -0.3 is 9.13 Å². The van der Waals surface area contributed by atoms with Crippen LogP contribution in [0, 0.1) is 23.5 Å². The smallest absolute Gasteiger partial charge is 0.322 e. The van der Waals surface area contributed by atoms with Crippen molar-refractivity contribution in [1.29, 1.82) is 5.26 Å². The number of nitrogens with zero attached hydrogens (tertiary/aromatic N) is 6. The Labute approximate surface area is 412 Å². The molecule has 0 radical (unpaired) electrons. The number of fused-ring (bicyclic) bond motifs is 3. The Balaban J connectivity index is 0.00000539. The van der Waals surface area contributed by atoms with Crippen LogP contribution in [0.5, 0.6) is 0 Å². The summed E-state index contributed by atoms with van der Waals surface area (Å²) in [6.45, 7) is 6.66. The standard InChI is InChI=1S/C60H44N6Si.Pt/c1-60(2,3)46-34-35-62-57(38-46)66-55-33-30-42(40-61)36-54(55)53-32-31-50(39-56(53)66)67(47-23-12-6-13-24-47,48-25-14-7-15-26-48)49-27-16-22-45(37-49)59-64-63-41-65(59)58-51(43-18-8-4-9-19-43)28-17-29-52(58)44-20-10-5-11-21-44;/h4-36,38,41H,1-3H3;/q-2;+2. The molecule has 0 aliphatic carbocycles. The van der Waals surface area contributed by atoms with E-state index in [9.17, 15) is 5.26 Å². The third kappa shape index (κ3) is 7.62. The van der Waals surface area contributed by atoms with Gasteiger partial charge in [0.15, 0.2) is 0 Å². The Morgan fingerprint density at radius 2 is 1.19 bits per heavy atom. The van der Waals surface area contributed by atoms with Crippen molar-refractivity contribution in [3.63, 3.8) is 0 Å². The Hall–Kier alpha value is -7.75. The van der Waals surface area contributed by atoms with Gasteiger partial charge in [0.1, 0.15) is 20.2 Å². The second-order valence-electron chi connectivity index (χ2n) is 17.9. The van der Waals surface area contributed by atoms with Gasteiger partial charge in [-0.25, -0.2) is 4.98 Å². The molecule has 0 aliphatic heterocycles. The quantitative estimate of drug-likeness (QED) is 0.0820. The van der Waals surface area contributed by atoms with E-state index in [4.69, 9.17) is 10.1 Å². The van der Waals surface area contributed by atoms with E-state index in [1.54, 1.807) is 0 Å². The molecule has 0 saturated carbocycles. The van der Waals surface area contributed by atoms with Gasteiger partial charge in [-0.2, -0.15) is 33.7 Å². The summed E-state index contributed by atoms with van der Waals surface area (Å²) >= 11 is 0. The first-order valence-electron chi connectivity index (χ1n) is 22.5. The van der Waals surface area contributed by atoms with Crippen molar-refractivity contribution in [3.05, 3.63) is 236 Å². The fourth-order valence-corrected chi connectivity index (χ4v) is 14.3. The van der Waals surface area contributed by atoms with Gasteiger partial charge in [-0.3, -0.25) is 0 Å². The number of aromatic nitrogens is 5. The van der Waals surface area contributed by atoms with E-state index >= 15 is 0 Å². The molecular weight excluding hydrogens is 1030 g/mol. The van der Waals surface area contributed by atoms with Crippen LogP contribution in [0.15, 0.2) is 213 Å². The zero-order valence-corrected chi connectivity index (χ0v) is 41.0. The van der Waals surface area contributed by atoms with Gasteiger partial charge >= 0.3 is 21.1 Å². The van der Waals surface area contributed by atoms with Gasteiger partial charge in [0.2, 0.25) is 0 Å². The Morgan fingerprint density at radius 1 is 0.588 bits per heavy atom. The Kier molecular flexibility index (Phi) is 11.8. The van der Waals surface area contributed by atoms with E-state index in [0.29, 0.717) is 11.4 Å². The van der Waals surface area contributed by atoms with Crippen LogP contribution in [0.25, 0.3) is 67.0 Å². The molecule has 11 aromatic rings. The fourth-order valence-electron chi connectivity index (χ4n) is 9.69. The van der Waals surface area contributed by atoms with E-state index in [0.717, 1.165) is 71.5 Å². The molecule has 0 N–H and O–H groups in total. The first-order chi connectivity index (χ1) is 32.8. The first-order valence-corrected chi connectivity index (χ1v) is 24.5. The van der Waals surface area contributed by atoms with Crippen molar-refractivity contribution in [2.75, 3.05) is 0 Å². The van der Waals surface area contributed by atoms with E-state index in [1.807, 2.05) is 42.9 Å². The Bertz CT molecular complexity index is 3530. The van der Waals surface area contributed by atoms with E-state index in [2.05, 4.69) is 223 Å². The van der Waals surface area contributed by atoms with Crippen LogP contribution in [0.2, 0.25) is 0 Å². The molecule has 328 valence electrons. The number of hydrogen-bond acceptors (Lipinski definition) is 4. The summed E-state index contributed by atoms with van der Waals surface area (Å²) in [6.07, 6.45) is 3.72. The SMILES string of the molecule is CC(C)(C)c1ccnc(-n2c3[c-]c([Si](c4[c-]c(-c5nncn5-c5c(-c6ccccc6)cccc5-c5ccccc5)ccc4)(c4ccccc4)c4ccccc4)ccc3c3cc(C#N)ccc32)c1.[Pt+2]. The topological polar surface area (TPSA) is 72.3 Å². The van der Waals surface area contributed by atoms with Crippen LogP contribution >= 0.6 is 0 Å². The molecule has 0 atom stereocenters. The summed E-state index contributed by atoms with van der Waals surface area (Å²) < 4.78 is 4.34. The molecule has 6 nitrogen and oxygen atoms in total. The molecule has 0 spiro atoms. The molecule has 3 heterocycles. The predicted molar refractivity (Wildman–Crippen MR) is 275 cm³/mol. The normalized spacial score (nSPS) is 11.6. The van der Waals surface area contributed by atoms with Gasteiger partial charge in [-0.15, -0.1) is 45.5 Å². The summed E-state index contributed by atoms with van der Waals surface area (Å²) in [5.74, 6) is 1.49. The predicted octanol–water partition coefficient (Wildman–Crippen LogP) is 10.9. The van der Waals surface area contributed by atoms with E-state index in [1.165, 1.54) is 15.9 Å². The molecule has 0 fully saturated rings. The van der Waals surface area contributed by atoms with Crippen molar-refractivity contribution >= 4 is 50.6 Å². The average molecular weight is 1070 g/mol. The molecule has 0 amide bonds. The zero-order valence-electron chi connectivity index (χ0n) is 37.7. The Morgan fingerprint density at radius 3 is 1.81 bits per heavy atom. The minimum Gasteiger partial charge on any atom is -0.322 e. The van der Waals surface area contributed by atoms with Crippen LogP contribution in [-0.4, -0.2) is 32.4 Å². The summed E-state index contributed by atoms with van der Waals surface area (Å²) in [4.78, 5) is 5.00. The number of para-hydroxylation sites is 1. The number of pyridine rings is 1. The van der Waals surface area contributed by atoms with Crippen molar-refractivity contribution in [1.82, 2.24) is 24.3 Å². The number of rotatable bonds is 9. The van der Waals surface area contributed by atoms with Crippen LogP contribution in [0.3, 0.4) is 0 Å². The molecule has 0 saturated heterocycles. The summed E-state index contributed by atoms with van der Waals surface area (Å²) in [7, 11) is -3.27. The maximum atomic E-state index is 10.1. The molecule has 0 aliphatic rings. The van der Waals surface area contributed by atoms with Crippen LogP contribution in [0.1, 0.15) is 31.9 Å². The molecule has 0 unspecified atom stereocenters. The van der Waals surface area contributed by atoms with Crippen LogP contribution in [-0.2, 0) is 26.5 Å². The number of benzene rings is 8. The fraction of sp³-hybridized carbons (Fsp3) is 0.0667. The van der Waals surface area contributed by atoms with Gasteiger partial charge in [0.05, 0.1) is 23.1 Å². The molecule has 68 heavy (non-hydrogen) atoms. The van der Waals surface area contributed by atoms with Crippen molar-refractivity contribution < 1.29 is 21.1 Å². The van der Waals surface area contributed by atoms with Gasteiger partial charge in [0.25, 0.3) is 0 Å². The molecule has 3 aromatic heterocycles. The molecule has 11 rings (SSSR count). The molecule has 8 heteroatoms. The monoisotopic (exact) mass is 1070 g/mol. The second-order valence-corrected chi connectivity index (χ2v) is 21.6. The minimum atomic E-state index is -3.27. The minimum absolute atomic E-state index is 0. The van der Waals surface area contributed by atoms with Gasteiger partial charge in [0, 0.05) is 22.8 Å². The van der Waals surface area contributed by atoms with Crippen molar-refractivity contribution in [2.24, 2.45) is 0 Å². The van der Waals surface area contributed by atoms with Crippen molar-refractivity contribution in [2.45, 2.75) is 26.2 Å².